The van der Waals surface area contributed by atoms with Gasteiger partial charge in [-0.25, -0.2) is 0 Å². The van der Waals surface area contributed by atoms with E-state index in [1.807, 2.05) is 49.4 Å². The quantitative estimate of drug-likeness (QED) is 0.626. The van der Waals surface area contributed by atoms with E-state index < -0.39 is 12.1 Å². The third kappa shape index (κ3) is 6.59. The zero-order valence-electron chi connectivity index (χ0n) is 17.8. The molecule has 1 unspecified atom stereocenters. The number of piperazine rings is 1. The molecule has 2 aromatic carbocycles. The van der Waals surface area contributed by atoms with Crippen LogP contribution in [0.15, 0.2) is 54.6 Å². The Kier molecular flexibility index (Phi) is 7.85. The van der Waals surface area contributed by atoms with Gasteiger partial charge < -0.3 is 14.4 Å². The van der Waals surface area contributed by atoms with Gasteiger partial charge in [0.15, 0.2) is 6.10 Å². The number of nitrogens with zero attached hydrogens (tertiary/aromatic N) is 2. The predicted molar refractivity (Wildman–Crippen MR) is 115 cm³/mol. The Morgan fingerprint density at radius 2 is 1.63 bits per heavy atom. The summed E-state index contributed by atoms with van der Waals surface area (Å²) in [5.41, 5.74) is 2.42. The van der Waals surface area contributed by atoms with Crippen molar-refractivity contribution in [2.24, 2.45) is 0 Å². The molecule has 0 saturated carbocycles. The van der Waals surface area contributed by atoms with Crippen LogP contribution in [-0.2, 0) is 20.9 Å². The molecule has 6 nitrogen and oxygen atoms in total. The van der Waals surface area contributed by atoms with Crippen LogP contribution in [0.3, 0.4) is 0 Å². The third-order valence-electron chi connectivity index (χ3n) is 5.18. The lowest BCUT2D eigenvalue weighted by Crippen LogP contribution is -2.51. The molecule has 1 fully saturated rings. The zero-order chi connectivity index (χ0) is 21.3. The van der Waals surface area contributed by atoms with Gasteiger partial charge in [-0.2, -0.15) is 0 Å². The van der Waals surface area contributed by atoms with Crippen molar-refractivity contribution >= 4 is 11.9 Å². The van der Waals surface area contributed by atoms with Crippen LogP contribution >= 0.6 is 0 Å². The largest absolute Gasteiger partial charge is 0.493 e. The Labute approximate surface area is 178 Å². The topological polar surface area (TPSA) is 59.1 Å². The molecular formula is C24H30N2O4. The lowest BCUT2D eigenvalue weighted by atomic mass is 10.2. The summed E-state index contributed by atoms with van der Waals surface area (Å²) in [4.78, 5) is 28.8. The minimum absolute atomic E-state index is 0.107. The van der Waals surface area contributed by atoms with Crippen molar-refractivity contribution in [1.82, 2.24) is 9.80 Å². The fraction of sp³-hybridized carbons (Fsp3) is 0.417. The maximum atomic E-state index is 12.6. The van der Waals surface area contributed by atoms with Crippen LogP contribution in [0.2, 0.25) is 0 Å². The highest BCUT2D eigenvalue weighted by atomic mass is 16.6. The summed E-state index contributed by atoms with van der Waals surface area (Å²) in [5, 5.41) is 0. The first-order valence-electron chi connectivity index (χ1n) is 10.5. The second kappa shape index (κ2) is 10.8. The lowest BCUT2D eigenvalue weighted by Gasteiger charge is -2.35. The van der Waals surface area contributed by atoms with Crippen molar-refractivity contribution in [3.8, 4) is 5.75 Å². The molecule has 6 heteroatoms. The fourth-order valence-corrected chi connectivity index (χ4v) is 3.42. The molecule has 30 heavy (non-hydrogen) atoms. The molecule has 1 aliphatic rings. The monoisotopic (exact) mass is 410 g/mol. The predicted octanol–water partition coefficient (Wildman–Crippen LogP) is 3.04. The van der Waals surface area contributed by atoms with E-state index in [0.717, 1.165) is 25.2 Å². The van der Waals surface area contributed by atoms with E-state index in [2.05, 4.69) is 17.0 Å². The van der Waals surface area contributed by atoms with E-state index in [4.69, 9.17) is 9.47 Å². The van der Waals surface area contributed by atoms with Gasteiger partial charge in [0, 0.05) is 32.7 Å². The highest BCUT2D eigenvalue weighted by Gasteiger charge is 2.27. The van der Waals surface area contributed by atoms with E-state index in [9.17, 15) is 9.59 Å². The molecule has 1 heterocycles. The second-order valence-electron chi connectivity index (χ2n) is 7.63. The molecule has 0 N–H and O–H groups in total. The molecular weight excluding hydrogens is 380 g/mol. The minimum Gasteiger partial charge on any atom is -0.493 e. The van der Waals surface area contributed by atoms with Gasteiger partial charge in [-0.15, -0.1) is 0 Å². The van der Waals surface area contributed by atoms with Crippen LogP contribution in [0.4, 0.5) is 0 Å². The van der Waals surface area contributed by atoms with Crippen LogP contribution in [0.5, 0.6) is 5.75 Å². The first kappa shape index (κ1) is 21.8. The summed E-state index contributed by atoms with van der Waals surface area (Å²) in [6, 6.07) is 17.9. The summed E-state index contributed by atoms with van der Waals surface area (Å²) < 4.78 is 10.9. The van der Waals surface area contributed by atoms with Crippen molar-refractivity contribution in [2.45, 2.75) is 32.9 Å². The fourth-order valence-electron chi connectivity index (χ4n) is 3.42. The molecule has 2 aromatic rings. The van der Waals surface area contributed by atoms with Crippen molar-refractivity contribution in [3.63, 3.8) is 0 Å². The molecule has 1 saturated heterocycles. The molecule has 0 spiro atoms. The van der Waals surface area contributed by atoms with Gasteiger partial charge in [-0.1, -0.05) is 48.0 Å². The number of carbonyl (C=O) groups is 2. The molecule has 1 amide bonds. The van der Waals surface area contributed by atoms with Gasteiger partial charge in [0.05, 0.1) is 13.0 Å². The molecule has 0 bridgehead atoms. The SMILES string of the molecule is Cc1ccc(OCCC(=O)OC(C)C(=O)N2CCN(Cc3ccccc3)CC2)cc1. The maximum absolute atomic E-state index is 12.6. The number of hydrogen-bond donors (Lipinski definition) is 0. The Balaban J connectivity index is 1.35. The average Bonchev–Trinajstić information content (AvgIpc) is 2.76. The number of amides is 1. The van der Waals surface area contributed by atoms with Gasteiger partial charge in [0.1, 0.15) is 5.75 Å². The number of carbonyl (C=O) groups excluding carboxylic acids is 2. The van der Waals surface area contributed by atoms with Crippen LogP contribution in [0.1, 0.15) is 24.5 Å². The van der Waals surface area contributed by atoms with E-state index in [0.29, 0.717) is 18.8 Å². The third-order valence-corrected chi connectivity index (χ3v) is 5.18. The summed E-state index contributed by atoms with van der Waals surface area (Å²) in [6.07, 6.45) is -0.673. The van der Waals surface area contributed by atoms with Gasteiger partial charge in [-0.3, -0.25) is 14.5 Å². The van der Waals surface area contributed by atoms with Crippen molar-refractivity contribution < 1.29 is 19.1 Å². The number of esters is 1. The number of aryl methyl sites for hydroxylation is 1. The molecule has 1 aliphatic heterocycles. The van der Waals surface area contributed by atoms with E-state index in [1.165, 1.54) is 5.56 Å². The number of ether oxygens (including phenoxy) is 2. The molecule has 0 radical (unpaired) electrons. The summed E-state index contributed by atoms with van der Waals surface area (Å²) in [7, 11) is 0. The highest BCUT2D eigenvalue weighted by molar-refractivity contribution is 5.83. The second-order valence-corrected chi connectivity index (χ2v) is 7.63. The average molecular weight is 411 g/mol. The molecule has 1 atom stereocenters. The Morgan fingerprint density at radius 3 is 2.30 bits per heavy atom. The molecule has 3 rings (SSSR count). The number of benzene rings is 2. The smallest absolute Gasteiger partial charge is 0.310 e. The first-order chi connectivity index (χ1) is 14.5. The molecule has 160 valence electrons. The van der Waals surface area contributed by atoms with Crippen LogP contribution in [0.25, 0.3) is 0 Å². The van der Waals surface area contributed by atoms with E-state index >= 15 is 0 Å². The normalized spacial score (nSPS) is 15.5. The minimum atomic E-state index is -0.780. The van der Waals surface area contributed by atoms with Crippen molar-refractivity contribution in [1.29, 1.82) is 0 Å². The Hall–Kier alpha value is -2.86. The van der Waals surface area contributed by atoms with Crippen LogP contribution in [-0.4, -0.2) is 60.6 Å². The molecule has 0 aromatic heterocycles. The van der Waals surface area contributed by atoms with E-state index in [-0.39, 0.29) is 18.9 Å². The van der Waals surface area contributed by atoms with Gasteiger partial charge in [0.25, 0.3) is 5.91 Å². The van der Waals surface area contributed by atoms with E-state index in [1.54, 1.807) is 11.8 Å². The number of rotatable bonds is 8. The maximum Gasteiger partial charge on any atom is 0.310 e. The van der Waals surface area contributed by atoms with Crippen LogP contribution in [0, 0.1) is 6.92 Å². The van der Waals surface area contributed by atoms with Crippen molar-refractivity contribution in [3.05, 3.63) is 65.7 Å². The van der Waals surface area contributed by atoms with Gasteiger partial charge >= 0.3 is 5.97 Å². The van der Waals surface area contributed by atoms with Gasteiger partial charge in [0.2, 0.25) is 0 Å². The summed E-state index contributed by atoms with van der Waals surface area (Å²) in [6.45, 7) is 7.65. The molecule has 0 aliphatic carbocycles. The first-order valence-corrected chi connectivity index (χ1v) is 10.5. The van der Waals surface area contributed by atoms with Gasteiger partial charge in [-0.05, 0) is 31.5 Å². The van der Waals surface area contributed by atoms with Crippen LogP contribution < -0.4 is 4.74 Å². The highest BCUT2D eigenvalue weighted by Crippen LogP contribution is 2.13. The standard InChI is InChI=1S/C24H30N2O4/c1-19-8-10-22(11-9-19)29-17-12-23(27)30-20(2)24(28)26-15-13-25(14-16-26)18-21-6-4-3-5-7-21/h3-11,20H,12-18H2,1-2H3. The summed E-state index contributed by atoms with van der Waals surface area (Å²) >= 11 is 0. The Bertz CT molecular complexity index is 815. The lowest BCUT2D eigenvalue weighted by molar-refractivity contribution is -0.160. The number of hydrogen-bond acceptors (Lipinski definition) is 5. The van der Waals surface area contributed by atoms with Crippen molar-refractivity contribution in [2.75, 3.05) is 32.8 Å². The zero-order valence-corrected chi connectivity index (χ0v) is 17.8. The Morgan fingerprint density at radius 1 is 0.967 bits per heavy atom. The summed E-state index contributed by atoms with van der Waals surface area (Å²) in [5.74, 6) is 0.152.